The zero-order valence-corrected chi connectivity index (χ0v) is 24.0. The Kier molecular flexibility index (Phi) is 12.5. The summed E-state index contributed by atoms with van der Waals surface area (Å²) < 4.78 is 7.16. The Hall–Kier alpha value is -2.65. The Bertz CT molecular complexity index is 1020. The van der Waals surface area contributed by atoms with E-state index in [-0.39, 0.29) is 24.3 Å². The van der Waals surface area contributed by atoms with Crippen LogP contribution in [0.5, 0.6) is 0 Å². The molecule has 0 fully saturated rings. The van der Waals surface area contributed by atoms with Gasteiger partial charge in [-0.3, -0.25) is 9.48 Å². The monoisotopic (exact) mass is 532 g/mol. The average Bonchev–Trinajstić information content (AvgIpc) is 3.26. The van der Waals surface area contributed by atoms with Gasteiger partial charge in [0.2, 0.25) is 5.91 Å². The van der Waals surface area contributed by atoms with Crippen molar-refractivity contribution in [1.29, 1.82) is 0 Å². The zero-order chi connectivity index (χ0) is 28.3. The van der Waals surface area contributed by atoms with Crippen molar-refractivity contribution < 1.29 is 24.5 Å². The fourth-order valence-electron chi connectivity index (χ4n) is 4.78. The molecule has 0 saturated heterocycles. The number of nitrogens with zero attached hydrogens (tertiary/aromatic N) is 2. The molecule has 9 heteroatoms. The molecule has 1 aromatic carbocycles. The number of aromatic nitrogens is 2. The molecule has 1 heterocycles. The van der Waals surface area contributed by atoms with E-state index in [4.69, 9.17) is 4.74 Å². The second-order valence-electron chi connectivity index (χ2n) is 11.4. The van der Waals surface area contributed by atoms with Crippen LogP contribution in [0.25, 0.3) is 10.9 Å². The second kappa shape index (κ2) is 15.1. The lowest BCUT2D eigenvalue weighted by atomic mass is 9.82. The molecule has 0 radical (unpaired) electrons. The Labute approximate surface area is 227 Å². The van der Waals surface area contributed by atoms with Gasteiger partial charge < -0.3 is 25.6 Å². The number of aliphatic hydroxyl groups is 1. The van der Waals surface area contributed by atoms with Crippen molar-refractivity contribution in [3.63, 3.8) is 0 Å². The van der Waals surface area contributed by atoms with Gasteiger partial charge in [-0.15, -0.1) is 0 Å². The molecule has 0 aliphatic heterocycles. The van der Waals surface area contributed by atoms with Gasteiger partial charge in [-0.1, -0.05) is 59.6 Å². The van der Waals surface area contributed by atoms with E-state index in [1.165, 1.54) is 0 Å². The molecule has 2 rings (SSSR count). The molecular weight excluding hydrogens is 484 g/mol. The van der Waals surface area contributed by atoms with Crippen molar-refractivity contribution in [3.8, 4) is 0 Å². The van der Waals surface area contributed by atoms with Crippen LogP contribution in [0.15, 0.2) is 24.4 Å². The van der Waals surface area contributed by atoms with E-state index in [2.05, 4.69) is 54.7 Å². The largest absolute Gasteiger partial charge is 0.465 e. The van der Waals surface area contributed by atoms with Crippen LogP contribution in [0.3, 0.4) is 0 Å². The number of ether oxygens (including phenoxy) is 1. The molecule has 0 unspecified atom stereocenters. The summed E-state index contributed by atoms with van der Waals surface area (Å²) in [5, 5.41) is 31.3. The first-order valence-corrected chi connectivity index (χ1v) is 13.9. The highest BCUT2D eigenvalue weighted by Crippen LogP contribution is 2.26. The number of methoxy groups -OCH3 is 1. The van der Waals surface area contributed by atoms with Crippen LogP contribution in [0.4, 0.5) is 4.79 Å². The first-order chi connectivity index (χ1) is 18.0. The normalized spacial score (nSPS) is 14.4. The number of nitrogens with one attached hydrogen (secondary N) is 2. The van der Waals surface area contributed by atoms with E-state index in [9.17, 15) is 19.8 Å². The molecule has 9 nitrogen and oxygen atoms in total. The summed E-state index contributed by atoms with van der Waals surface area (Å²) in [6, 6.07) is 5.61. The van der Waals surface area contributed by atoms with Gasteiger partial charge in [0.1, 0.15) is 0 Å². The number of aryl methyl sites for hydroxylation is 1. The number of unbranched alkanes of at least 4 members (excludes halogenated alkanes) is 1. The minimum absolute atomic E-state index is 0.00321. The Morgan fingerprint density at radius 3 is 2.58 bits per heavy atom. The number of amides is 2. The number of benzene rings is 1. The summed E-state index contributed by atoms with van der Waals surface area (Å²) in [4.78, 5) is 24.3. The van der Waals surface area contributed by atoms with E-state index in [0.29, 0.717) is 13.0 Å². The Morgan fingerprint density at radius 1 is 1.21 bits per heavy atom. The minimum Gasteiger partial charge on any atom is -0.465 e. The van der Waals surface area contributed by atoms with Gasteiger partial charge in [-0.05, 0) is 49.1 Å². The maximum Gasteiger partial charge on any atom is 0.404 e. The van der Waals surface area contributed by atoms with Crippen LogP contribution in [-0.4, -0.2) is 64.4 Å². The number of carbonyl (C=O) groups is 2. The first-order valence-electron chi connectivity index (χ1n) is 13.9. The molecule has 0 aliphatic rings. The summed E-state index contributed by atoms with van der Waals surface area (Å²) in [5.41, 5.74) is 1.66. The number of fused-ring (bicyclic) bond motifs is 1. The quantitative estimate of drug-likeness (QED) is 0.221. The maximum absolute atomic E-state index is 12.7. The standard InChI is InChI=1S/C29H48N4O5/c1-7-8-12-29(4,5)27(35)30-19-26(34)24(32-28(36)37)17-23(20(2)3)15-21-10-11-22-18-31-33(25(22)16-21)13-9-14-38-6/h10-11,16,18,20,23-24,26,32,34H,7-9,12-15,17,19H2,1-6H3,(H,30,35)(H,36,37)/t23-,24-,26-/m0/s1. The van der Waals surface area contributed by atoms with Crippen LogP contribution in [0.1, 0.15) is 72.3 Å². The Balaban J connectivity index is 2.12. The summed E-state index contributed by atoms with van der Waals surface area (Å²) >= 11 is 0. The minimum atomic E-state index is -1.19. The smallest absolute Gasteiger partial charge is 0.404 e. The van der Waals surface area contributed by atoms with E-state index >= 15 is 0 Å². The van der Waals surface area contributed by atoms with Gasteiger partial charge in [0, 0.05) is 37.6 Å². The van der Waals surface area contributed by atoms with Crippen LogP contribution < -0.4 is 10.6 Å². The fraction of sp³-hybridized carbons (Fsp3) is 0.690. The highest BCUT2D eigenvalue weighted by molar-refractivity contribution is 5.81. The summed E-state index contributed by atoms with van der Waals surface area (Å²) in [5.74, 6) is 0.237. The van der Waals surface area contributed by atoms with E-state index in [1.54, 1.807) is 7.11 Å². The van der Waals surface area contributed by atoms with Crippen molar-refractivity contribution in [2.45, 2.75) is 91.8 Å². The predicted octanol–water partition coefficient (Wildman–Crippen LogP) is 4.61. The van der Waals surface area contributed by atoms with Crippen molar-refractivity contribution >= 4 is 22.9 Å². The molecule has 3 atom stereocenters. The van der Waals surface area contributed by atoms with E-state index in [0.717, 1.165) is 55.1 Å². The fourth-order valence-corrected chi connectivity index (χ4v) is 4.78. The van der Waals surface area contributed by atoms with Gasteiger partial charge in [0.05, 0.1) is 23.9 Å². The number of carbonyl (C=O) groups excluding carboxylic acids is 1. The van der Waals surface area contributed by atoms with E-state index < -0.39 is 23.7 Å². The SMILES string of the molecule is CCCCC(C)(C)C(=O)NC[C@H](O)[C@H](C[C@H](Cc1ccc2cnn(CCCOC)c2c1)C(C)C)NC(=O)O. The lowest BCUT2D eigenvalue weighted by Gasteiger charge is -2.31. The lowest BCUT2D eigenvalue weighted by Crippen LogP contribution is -2.50. The topological polar surface area (TPSA) is 126 Å². The van der Waals surface area contributed by atoms with Crippen LogP contribution in [0.2, 0.25) is 0 Å². The van der Waals surface area contributed by atoms with Crippen LogP contribution >= 0.6 is 0 Å². The highest BCUT2D eigenvalue weighted by Gasteiger charge is 2.30. The van der Waals surface area contributed by atoms with E-state index in [1.807, 2.05) is 24.7 Å². The third kappa shape index (κ3) is 9.58. The van der Waals surface area contributed by atoms with Crippen molar-refractivity contribution in [2.24, 2.45) is 17.3 Å². The van der Waals surface area contributed by atoms with Gasteiger partial charge >= 0.3 is 6.09 Å². The molecule has 2 aromatic rings. The summed E-state index contributed by atoms with van der Waals surface area (Å²) in [6.45, 7) is 11.5. The number of hydrogen-bond acceptors (Lipinski definition) is 5. The number of carboxylic acid groups (broad SMARTS) is 1. The van der Waals surface area contributed by atoms with Crippen molar-refractivity contribution in [3.05, 3.63) is 30.0 Å². The van der Waals surface area contributed by atoms with Crippen LogP contribution in [-0.2, 0) is 22.5 Å². The van der Waals surface area contributed by atoms with Crippen molar-refractivity contribution in [1.82, 2.24) is 20.4 Å². The van der Waals surface area contributed by atoms with Gasteiger partial charge in [-0.25, -0.2) is 4.79 Å². The summed E-state index contributed by atoms with van der Waals surface area (Å²) in [7, 11) is 1.69. The Morgan fingerprint density at radius 2 is 1.95 bits per heavy atom. The molecule has 4 N–H and O–H groups in total. The molecule has 2 amide bonds. The van der Waals surface area contributed by atoms with Gasteiger partial charge in [-0.2, -0.15) is 5.10 Å². The number of hydrogen-bond donors (Lipinski definition) is 4. The van der Waals surface area contributed by atoms with Crippen LogP contribution in [0, 0.1) is 17.3 Å². The average molecular weight is 533 g/mol. The number of aliphatic hydroxyl groups excluding tert-OH is 1. The molecular formula is C29H48N4O5. The molecule has 0 saturated carbocycles. The lowest BCUT2D eigenvalue weighted by molar-refractivity contribution is -0.130. The van der Waals surface area contributed by atoms with Crippen molar-refractivity contribution in [2.75, 3.05) is 20.3 Å². The van der Waals surface area contributed by atoms with Gasteiger partial charge in [0.25, 0.3) is 0 Å². The molecule has 38 heavy (non-hydrogen) atoms. The highest BCUT2D eigenvalue weighted by atomic mass is 16.5. The molecule has 1 aromatic heterocycles. The molecule has 0 bridgehead atoms. The molecule has 0 spiro atoms. The maximum atomic E-state index is 12.7. The molecule has 214 valence electrons. The molecule has 0 aliphatic carbocycles. The predicted molar refractivity (Wildman–Crippen MR) is 150 cm³/mol. The number of rotatable bonds is 17. The third-order valence-electron chi connectivity index (χ3n) is 7.44. The second-order valence-corrected chi connectivity index (χ2v) is 11.4. The summed E-state index contributed by atoms with van der Waals surface area (Å²) in [6.07, 6.45) is 4.41. The third-order valence-corrected chi connectivity index (χ3v) is 7.44. The zero-order valence-electron chi connectivity index (χ0n) is 24.0. The van der Waals surface area contributed by atoms with Gasteiger partial charge in [0.15, 0.2) is 0 Å². The first kappa shape index (κ1) is 31.6.